The van der Waals surface area contributed by atoms with Gasteiger partial charge in [-0.2, -0.15) is 0 Å². The Bertz CT molecular complexity index is 418. The van der Waals surface area contributed by atoms with Gasteiger partial charge in [0.15, 0.2) is 5.78 Å². The second-order valence-electron chi connectivity index (χ2n) is 3.97. The van der Waals surface area contributed by atoms with Gasteiger partial charge in [-0.25, -0.2) is 0 Å². The van der Waals surface area contributed by atoms with E-state index < -0.39 is 5.92 Å². The first-order valence-electron chi connectivity index (χ1n) is 5.05. The fourth-order valence-corrected chi connectivity index (χ4v) is 1.47. The number of nitrogens with two attached hydrogens (primary N) is 1. The van der Waals surface area contributed by atoms with Gasteiger partial charge in [0.1, 0.15) is 0 Å². The molecule has 1 aromatic rings. The molecule has 0 radical (unpaired) electrons. The number of carbonyl (C=O) groups is 1. The van der Waals surface area contributed by atoms with Gasteiger partial charge in [-0.05, 0) is 26.2 Å². The van der Waals surface area contributed by atoms with Crippen molar-refractivity contribution >= 4 is 11.5 Å². The van der Waals surface area contributed by atoms with E-state index in [2.05, 4.69) is 5.92 Å². The van der Waals surface area contributed by atoms with Crippen LogP contribution in [0.5, 0.6) is 0 Å². The molecule has 0 bridgehead atoms. The van der Waals surface area contributed by atoms with Crippen LogP contribution < -0.4 is 5.73 Å². The van der Waals surface area contributed by atoms with Gasteiger partial charge in [0.05, 0.1) is 5.92 Å². The third kappa shape index (κ3) is 3.11. The van der Waals surface area contributed by atoms with Crippen LogP contribution in [0.2, 0.25) is 0 Å². The molecule has 1 rings (SSSR count). The quantitative estimate of drug-likeness (QED) is 0.468. The fourth-order valence-electron chi connectivity index (χ4n) is 1.47. The van der Waals surface area contributed by atoms with E-state index >= 15 is 0 Å². The highest BCUT2D eigenvalue weighted by molar-refractivity contribution is 6.00. The van der Waals surface area contributed by atoms with Gasteiger partial charge in [-0.3, -0.25) is 4.79 Å². The summed E-state index contributed by atoms with van der Waals surface area (Å²) in [5, 5.41) is 0. The summed E-state index contributed by atoms with van der Waals surface area (Å²) < 4.78 is 0. The summed E-state index contributed by atoms with van der Waals surface area (Å²) in [6, 6.07) is 6.89. The zero-order valence-corrected chi connectivity index (χ0v) is 9.60. The van der Waals surface area contributed by atoms with Gasteiger partial charge >= 0.3 is 0 Å². The van der Waals surface area contributed by atoms with Crippen molar-refractivity contribution in [1.82, 2.24) is 4.90 Å². The lowest BCUT2D eigenvalue weighted by Crippen LogP contribution is -2.26. The van der Waals surface area contributed by atoms with E-state index in [0.29, 0.717) is 17.8 Å². The molecular weight excluding hydrogens is 200 g/mol. The Kier molecular flexibility index (Phi) is 4.10. The lowest BCUT2D eigenvalue weighted by Gasteiger charge is -2.15. The lowest BCUT2D eigenvalue weighted by molar-refractivity contribution is 0.0933. The van der Waals surface area contributed by atoms with Crippen LogP contribution in [-0.4, -0.2) is 31.3 Å². The van der Waals surface area contributed by atoms with Gasteiger partial charge in [-0.15, -0.1) is 6.42 Å². The van der Waals surface area contributed by atoms with Crippen molar-refractivity contribution in [3.05, 3.63) is 29.8 Å². The Balaban J connectivity index is 2.88. The van der Waals surface area contributed by atoms with E-state index in [-0.39, 0.29) is 5.78 Å². The number of ketones is 1. The largest absolute Gasteiger partial charge is 0.399 e. The number of hydrogen-bond donors (Lipinski definition) is 1. The minimum Gasteiger partial charge on any atom is -0.399 e. The molecular formula is C13H16N2O. The maximum Gasteiger partial charge on any atom is 0.179 e. The zero-order chi connectivity index (χ0) is 12.1. The van der Waals surface area contributed by atoms with E-state index in [9.17, 15) is 4.79 Å². The Morgan fingerprint density at radius 2 is 2.25 bits per heavy atom. The first kappa shape index (κ1) is 12.3. The van der Waals surface area contributed by atoms with E-state index in [1.165, 1.54) is 0 Å². The highest BCUT2D eigenvalue weighted by Crippen LogP contribution is 2.12. The minimum absolute atomic E-state index is 0.0523. The molecule has 0 saturated heterocycles. The van der Waals surface area contributed by atoms with E-state index in [0.717, 1.165) is 0 Å². The maximum atomic E-state index is 12.0. The zero-order valence-electron chi connectivity index (χ0n) is 9.60. The van der Waals surface area contributed by atoms with Gasteiger partial charge in [-0.1, -0.05) is 18.1 Å². The average molecular weight is 216 g/mol. The third-order valence-electron chi connectivity index (χ3n) is 2.24. The number of carbonyl (C=O) groups excluding carboxylic acids is 1. The SMILES string of the molecule is C#CC(CN(C)C)C(=O)c1cccc(N)c1. The molecule has 0 aliphatic heterocycles. The molecule has 2 N–H and O–H groups in total. The van der Waals surface area contributed by atoms with Crippen LogP contribution in [0.15, 0.2) is 24.3 Å². The number of nitrogen functional groups attached to an aromatic ring is 1. The molecule has 84 valence electrons. The Morgan fingerprint density at radius 3 is 2.75 bits per heavy atom. The molecule has 0 aromatic heterocycles. The van der Waals surface area contributed by atoms with E-state index in [1.54, 1.807) is 24.3 Å². The predicted octanol–water partition coefficient (Wildman–Crippen LogP) is 1.26. The van der Waals surface area contributed by atoms with Crippen LogP contribution in [0.3, 0.4) is 0 Å². The molecule has 0 amide bonds. The predicted molar refractivity (Wildman–Crippen MR) is 66.1 cm³/mol. The molecule has 0 aliphatic carbocycles. The van der Waals surface area contributed by atoms with Crippen LogP contribution in [0.1, 0.15) is 10.4 Å². The number of nitrogens with zero attached hydrogens (tertiary/aromatic N) is 1. The molecule has 16 heavy (non-hydrogen) atoms. The summed E-state index contributed by atoms with van der Waals surface area (Å²) in [7, 11) is 3.77. The molecule has 3 heteroatoms. The molecule has 3 nitrogen and oxygen atoms in total. The van der Waals surface area contributed by atoms with Gasteiger partial charge in [0, 0.05) is 17.8 Å². The molecule has 1 unspecified atom stereocenters. The topological polar surface area (TPSA) is 46.3 Å². The van der Waals surface area contributed by atoms with Gasteiger partial charge in [0.2, 0.25) is 0 Å². The molecule has 0 aliphatic rings. The summed E-state index contributed by atoms with van der Waals surface area (Å²) in [5.74, 6) is 2.05. The Morgan fingerprint density at radius 1 is 1.56 bits per heavy atom. The average Bonchev–Trinajstić information content (AvgIpc) is 2.24. The standard InChI is InChI=1S/C13H16N2O/c1-4-10(9-15(2)3)13(16)11-6-5-7-12(14)8-11/h1,5-8,10H,9,14H2,2-3H3. The lowest BCUT2D eigenvalue weighted by atomic mass is 9.97. The van der Waals surface area contributed by atoms with Crippen LogP contribution in [-0.2, 0) is 0 Å². The van der Waals surface area contributed by atoms with Crippen molar-refractivity contribution in [2.24, 2.45) is 5.92 Å². The monoisotopic (exact) mass is 216 g/mol. The number of terminal acetylenes is 1. The van der Waals surface area contributed by atoms with Crippen molar-refractivity contribution in [2.75, 3.05) is 26.4 Å². The number of Topliss-reactive ketones (excluding diaryl/α,β-unsaturated/α-hetero) is 1. The smallest absolute Gasteiger partial charge is 0.179 e. The first-order chi connectivity index (χ1) is 7.54. The second kappa shape index (κ2) is 5.34. The van der Waals surface area contributed by atoms with Crippen molar-refractivity contribution in [3.8, 4) is 12.3 Å². The molecule has 0 saturated carbocycles. The molecule has 1 aromatic carbocycles. The van der Waals surface area contributed by atoms with Gasteiger partial charge in [0.25, 0.3) is 0 Å². The number of hydrogen-bond acceptors (Lipinski definition) is 3. The summed E-state index contributed by atoms with van der Waals surface area (Å²) >= 11 is 0. The Labute approximate surface area is 96.2 Å². The summed E-state index contributed by atoms with van der Waals surface area (Å²) in [5.41, 5.74) is 6.77. The highest BCUT2D eigenvalue weighted by atomic mass is 16.1. The van der Waals surface area contributed by atoms with Crippen LogP contribution in [0, 0.1) is 18.3 Å². The van der Waals surface area contributed by atoms with Crippen molar-refractivity contribution < 1.29 is 4.79 Å². The van der Waals surface area contributed by atoms with Crippen molar-refractivity contribution in [3.63, 3.8) is 0 Å². The molecule has 0 heterocycles. The normalized spacial score (nSPS) is 12.1. The summed E-state index contributed by atoms with van der Waals surface area (Å²) in [4.78, 5) is 13.9. The number of rotatable bonds is 4. The van der Waals surface area contributed by atoms with E-state index in [4.69, 9.17) is 12.2 Å². The highest BCUT2D eigenvalue weighted by Gasteiger charge is 2.18. The molecule has 1 atom stereocenters. The molecule has 0 fully saturated rings. The Hall–Kier alpha value is -1.79. The fraction of sp³-hybridized carbons (Fsp3) is 0.308. The van der Waals surface area contributed by atoms with Crippen LogP contribution in [0.25, 0.3) is 0 Å². The summed E-state index contributed by atoms with van der Waals surface area (Å²) in [6.07, 6.45) is 5.37. The molecule has 0 spiro atoms. The summed E-state index contributed by atoms with van der Waals surface area (Å²) in [6.45, 7) is 0.546. The van der Waals surface area contributed by atoms with Crippen LogP contribution in [0.4, 0.5) is 5.69 Å². The number of benzene rings is 1. The first-order valence-corrected chi connectivity index (χ1v) is 5.05. The number of anilines is 1. The van der Waals surface area contributed by atoms with E-state index in [1.807, 2.05) is 19.0 Å². The maximum absolute atomic E-state index is 12.0. The minimum atomic E-state index is -0.420. The van der Waals surface area contributed by atoms with Crippen molar-refractivity contribution in [1.29, 1.82) is 0 Å². The van der Waals surface area contributed by atoms with Crippen molar-refractivity contribution in [2.45, 2.75) is 0 Å². The van der Waals surface area contributed by atoms with Gasteiger partial charge < -0.3 is 10.6 Å². The second-order valence-corrected chi connectivity index (χ2v) is 3.97. The van der Waals surface area contributed by atoms with Crippen LogP contribution >= 0.6 is 0 Å². The third-order valence-corrected chi connectivity index (χ3v) is 2.24.